The van der Waals surface area contributed by atoms with E-state index in [1.165, 1.54) is 18.2 Å². The molecule has 4 rings (SSSR count). The van der Waals surface area contributed by atoms with Gasteiger partial charge in [0.2, 0.25) is 0 Å². The summed E-state index contributed by atoms with van der Waals surface area (Å²) in [7, 11) is -2.35. The number of hydrogen-bond acceptors (Lipinski definition) is 8. The summed E-state index contributed by atoms with van der Waals surface area (Å²) in [5.74, 6) is -0.514. The third-order valence-electron chi connectivity index (χ3n) is 5.03. The average Bonchev–Trinajstić information content (AvgIpc) is 2.74. The quantitative estimate of drug-likeness (QED) is 0.617. The highest BCUT2D eigenvalue weighted by molar-refractivity contribution is 7.92. The Hall–Kier alpha value is -3.34. The maximum absolute atomic E-state index is 14.5. The van der Waals surface area contributed by atoms with Gasteiger partial charge in [-0.05, 0) is 30.3 Å². The molecule has 1 aromatic carbocycles. The number of nitrogens with two attached hydrogens (primary N) is 1. The number of rotatable bonds is 5. The average molecular weight is 447 g/mol. The number of aliphatic imine (C=N–C) groups is 1. The number of hydrogen-bond donors (Lipinski definition) is 2. The van der Waals surface area contributed by atoms with E-state index in [1.54, 1.807) is 31.6 Å². The molecule has 3 aromatic rings. The molecule has 2 aromatic heterocycles. The maximum Gasteiger partial charge on any atom is 0.165 e. The van der Waals surface area contributed by atoms with Crippen molar-refractivity contribution >= 4 is 38.1 Å². The third-order valence-corrected chi connectivity index (χ3v) is 7.04. The van der Waals surface area contributed by atoms with Gasteiger partial charge in [-0.25, -0.2) is 27.2 Å². The Morgan fingerprint density at radius 1 is 1.26 bits per heavy atom. The lowest BCUT2D eigenvalue weighted by Gasteiger charge is -2.25. The Morgan fingerprint density at radius 3 is 2.77 bits per heavy atom. The van der Waals surface area contributed by atoms with Gasteiger partial charge in [0.15, 0.2) is 15.7 Å². The Balaban J connectivity index is 1.70. The lowest BCUT2D eigenvalue weighted by Crippen LogP contribution is -2.44. The van der Waals surface area contributed by atoms with Gasteiger partial charge in [0, 0.05) is 22.8 Å². The number of methoxy groups -OCH3 is 1. The molecule has 0 bridgehead atoms. The number of sulfone groups is 1. The maximum atomic E-state index is 14.5. The van der Waals surface area contributed by atoms with Crippen molar-refractivity contribution in [1.29, 1.82) is 0 Å². The molecule has 2 atom stereocenters. The lowest BCUT2D eigenvalue weighted by atomic mass is 10.1. The van der Waals surface area contributed by atoms with E-state index in [9.17, 15) is 17.2 Å². The third kappa shape index (κ3) is 4.00. The number of fused-ring (bicyclic) bond motifs is 1. The first-order valence-electron chi connectivity index (χ1n) is 9.28. The van der Waals surface area contributed by atoms with E-state index < -0.39 is 39.4 Å². The molecule has 0 fully saturated rings. The molecule has 162 valence electrons. The normalized spacial score (nSPS) is 20.3. The SMILES string of the molecule is COc1cnc2c(Nc3ccc(F)c(C4CS(=O)(=O)C(CF)C(N)=N4)c3)nccc2c1. The lowest BCUT2D eigenvalue weighted by molar-refractivity contribution is 0.414. The van der Waals surface area contributed by atoms with Gasteiger partial charge in [-0.2, -0.15) is 0 Å². The zero-order chi connectivity index (χ0) is 22.2. The van der Waals surface area contributed by atoms with Gasteiger partial charge >= 0.3 is 0 Å². The minimum atomic E-state index is -3.90. The van der Waals surface area contributed by atoms with Crippen LogP contribution in [0.15, 0.2) is 47.7 Å². The second-order valence-corrected chi connectivity index (χ2v) is 9.24. The molecule has 0 saturated heterocycles. The van der Waals surface area contributed by atoms with Gasteiger partial charge < -0.3 is 15.8 Å². The smallest absolute Gasteiger partial charge is 0.165 e. The van der Waals surface area contributed by atoms with Crippen LogP contribution >= 0.6 is 0 Å². The van der Waals surface area contributed by atoms with Crippen LogP contribution in [0.25, 0.3) is 10.9 Å². The predicted octanol–water partition coefficient (Wildman–Crippen LogP) is 2.69. The fourth-order valence-corrected chi connectivity index (χ4v) is 4.96. The molecule has 0 spiro atoms. The molecule has 31 heavy (non-hydrogen) atoms. The van der Waals surface area contributed by atoms with E-state index >= 15 is 0 Å². The number of alkyl halides is 1. The molecule has 1 aliphatic rings. The zero-order valence-corrected chi connectivity index (χ0v) is 17.2. The molecule has 0 radical (unpaired) electrons. The van der Waals surface area contributed by atoms with Gasteiger partial charge in [-0.15, -0.1) is 0 Å². The number of nitrogens with zero attached hydrogens (tertiary/aromatic N) is 3. The van der Waals surface area contributed by atoms with Crippen LogP contribution in [0.5, 0.6) is 5.75 Å². The van der Waals surface area contributed by atoms with Crippen LogP contribution in [-0.4, -0.2) is 49.0 Å². The van der Waals surface area contributed by atoms with Crippen molar-refractivity contribution in [3.8, 4) is 5.75 Å². The summed E-state index contributed by atoms with van der Waals surface area (Å²) in [6.07, 6.45) is 3.14. The fraction of sp³-hybridized carbons (Fsp3) is 0.250. The molecule has 3 heterocycles. The predicted molar refractivity (Wildman–Crippen MR) is 114 cm³/mol. The number of anilines is 2. The molecular weight excluding hydrogens is 428 g/mol. The number of amidine groups is 1. The van der Waals surface area contributed by atoms with E-state index in [-0.39, 0.29) is 11.4 Å². The molecular formula is C20H19F2N5O3S. The van der Waals surface area contributed by atoms with Crippen molar-refractivity contribution in [1.82, 2.24) is 9.97 Å². The fourth-order valence-electron chi connectivity index (χ4n) is 3.41. The first-order valence-corrected chi connectivity index (χ1v) is 11.0. The van der Waals surface area contributed by atoms with Gasteiger partial charge in [0.25, 0.3) is 0 Å². The zero-order valence-electron chi connectivity index (χ0n) is 16.4. The minimum absolute atomic E-state index is 0.0312. The summed E-state index contributed by atoms with van der Waals surface area (Å²) in [6.45, 7) is -1.17. The van der Waals surface area contributed by atoms with Crippen LogP contribution in [0.4, 0.5) is 20.3 Å². The number of aromatic nitrogens is 2. The van der Waals surface area contributed by atoms with Crippen LogP contribution in [0.2, 0.25) is 0 Å². The molecule has 2 unspecified atom stereocenters. The largest absolute Gasteiger partial charge is 0.495 e. The number of benzene rings is 1. The van der Waals surface area contributed by atoms with Crippen molar-refractivity contribution in [2.24, 2.45) is 10.7 Å². The van der Waals surface area contributed by atoms with Gasteiger partial charge in [-0.3, -0.25) is 4.99 Å². The summed E-state index contributed by atoms with van der Waals surface area (Å²) < 4.78 is 57.4. The van der Waals surface area contributed by atoms with E-state index in [0.717, 1.165) is 5.39 Å². The monoisotopic (exact) mass is 447 g/mol. The van der Waals surface area contributed by atoms with Crippen LogP contribution in [0.1, 0.15) is 11.6 Å². The van der Waals surface area contributed by atoms with E-state index in [2.05, 4.69) is 20.3 Å². The minimum Gasteiger partial charge on any atom is -0.495 e. The number of pyridine rings is 2. The molecule has 0 saturated carbocycles. The van der Waals surface area contributed by atoms with E-state index in [0.29, 0.717) is 22.8 Å². The Bertz CT molecular complexity index is 1280. The Morgan fingerprint density at radius 2 is 2.06 bits per heavy atom. The van der Waals surface area contributed by atoms with Gasteiger partial charge in [0.1, 0.15) is 34.8 Å². The Kier molecular flexibility index (Phi) is 5.44. The first kappa shape index (κ1) is 20.9. The highest BCUT2D eigenvalue weighted by Crippen LogP contribution is 2.32. The van der Waals surface area contributed by atoms with Crippen molar-refractivity contribution in [2.45, 2.75) is 11.3 Å². The van der Waals surface area contributed by atoms with Crippen LogP contribution in [0.3, 0.4) is 0 Å². The summed E-state index contributed by atoms with van der Waals surface area (Å²) >= 11 is 0. The number of nitrogens with one attached hydrogen (secondary N) is 1. The highest BCUT2D eigenvalue weighted by atomic mass is 32.2. The van der Waals surface area contributed by atoms with Gasteiger partial charge in [-0.1, -0.05) is 0 Å². The molecule has 0 aliphatic carbocycles. The topological polar surface area (TPSA) is 120 Å². The molecule has 11 heteroatoms. The van der Waals surface area contributed by atoms with Crippen LogP contribution in [-0.2, 0) is 9.84 Å². The molecule has 1 aliphatic heterocycles. The first-order chi connectivity index (χ1) is 14.8. The van der Waals surface area contributed by atoms with Crippen molar-refractivity contribution in [3.05, 3.63) is 54.1 Å². The molecule has 0 amide bonds. The summed E-state index contributed by atoms with van der Waals surface area (Å²) in [6, 6.07) is 6.62. The summed E-state index contributed by atoms with van der Waals surface area (Å²) in [5.41, 5.74) is 6.71. The molecule has 8 nitrogen and oxygen atoms in total. The summed E-state index contributed by atoms with van der Waals surface area (Å²) in [4.78, 5) is 12.7. The highest BCUT2D eigenvalue weighted by Gasteiger charge is 2.37. The summed E-state index contributed by atoms with van der Waals surface area (Å²) in [5, 5.41) is 2.37. The second kappa shape index (κ2) is 8.06. The number of halogens is 2. The van der Waals surface area contributed by atoms with Crippen LogP contribution in [0, 0.1) is 5.82 Å². The van der Waals surface area contributed by atoms with Gasteiger partial charge in [0.05, 0.1) is 25.1 Å². The molecule has 3 N–H and O–H groups in total. The van der Waals surface area contributed by atoms with Crippen molar-refractivity contribution in [3.63, 3.8) is 0 Å². The number of ether oxygens (including phenoxy) is 1. The van der Waals surface area contributed by atoms with Crippen molar-refractivity contribution in [2.75, 3.05) is 24.9 Å². The van der Waals surface area contributed by atoms with Crippen LogP contribution < -0.4 is 15.8 Å². The van der Waals surface area contributed by atoms with Crippen molar-refractivity contribution < 1.29 is 21.9 Å². The van der Waals surface area contributed by atoms with E-state index in [1.807, 2.05) is 0 Å². The second-order valence-electron chi connectivity index (χ2n) is 7.01. The standard InChI is InChI=1S/C20H19F2N5O3S/c1-30-13-6-11-4-5-24-20(18(11)25-9-13)26-12-2-3-15(22)14(7-12)16-10-31(28,29)17(8-21)19(23)27-16/h2-7,9,16-17H,8,10H2,1H3,(H2,23,27)(H,24,26). The van der Waals surface area contributed by atoms with E-state index in [4.69, 9.17) is 10.5 Å². The Labute approximate surface area is 177 Å².